The lowest BCUT2D eigenvalue weighted by Crippen LogP contribution is -2.39. The van der Waals surface area contributed by atoms with Gasteiger partial charge in [0.25, 0.3) is 0 Å². The number of aromatic nitrogens is 4. The first-order valence-electron chi connectivity index (χ1n) is 6.88. The van der Waals surface area contributed by atoms with Gasteiger partial charge >= 0.3 is 0 Å². The van der Waals surface area contributed by atoms with Crippen molar-refractivity contribution in [2.24, 2.45) is 0 Å². The van der Waals surface area contributed by atoms with Crippen molar-refractivity contribution in [3.05, 3.63) is 36.4 Å². The molecule has 1 fully saturated rings. The number of hydrogen-bond donors (Lipinski definition) is 0. The second kappa shape index (κ2) is 5.99. The van der Waals surface area contributed by atoms with E-state index in [9.17, 15) is 4.39 Å². The van der Waals surface area contributed by atoms with Crippen molar-refractivity contribution < 1.29 is 9.13 Å². The van der Waals surface area contributed by atoms with Crippen LogP contribution in [0.25, 0.3) is 0 Å². The molecule has 0 unspecified atom stereocenters. The van der Waals surface area contributed by atoms with Crippen molar-refractivity contribution in [1.29, 1.82) is 0 Å². The minimum absolute atomic E-state index is 0.0715. The fraction of sp³-hybridized carbons (Fsp3) is 0.429. The fourth-order valence-electron chi connectivity index (χ4n) is 2.39. The molecular formula is C14H16FN5O. The molecule has 0 N–H and O–H groups in total. The van der Waals surface area contributed by atoms with Crippen LogP contribution in [0.15, 0.2) is 24.9 Å². The second-order valence-corrected chi connectivity index (χ2v) is 5.00. The van der Waals surface area contributed by atoms with Gasteiger partial charge in [-0.15, -0.1) is 0 Å². The average Bonchev–Trinajstić information content (AvgIpc) is 2.49. The van der Waals surface area contributed by atoms with Gasteiger partial charge in [-0.3, -0.25) is 4.98 Å². The van der Waals surface area contributed by atoms with Crippen molar-refractivity contribution in [3.8, 4) is 5.88 Å². The van der Waals surface area contributed by atoms with Gasteiger partial charge in [-0.25, -0.2) is 19.3 Å². The zero-order chi connectivity index (χ0) is 14.7. The highest BCUT2D eigenvalue weighted by Crippen LogP contribution is 2.22. The van der Waals surface area contributed by atoms with E-state index in [-0.39, 0.29) is 11.9 Å². The van der Waals surface area contributed by atoms with Crippen LogP contribution in [-0.2, 0) is 0 Å². The minimum atomic E-state index is -0.388. The number of nitrogens with zero attached hydrogens (tertiary/aromatic N) is 5. The Morgan fingerprint density at radius 1 is 1.19 bits per heavy atom. The summed E-state index contributed by atoms with van der Waals surface area (Å²) in [4.78, 5) is 17.9. The van der Waals surface area contributed by atoms with Crippen molar-refractivity contribution >= 4 is 5.82 Å². The highest BCUT2D eigenvalue weighted by atomic mass is 19.1. The summed E-state index contributed by atoms with van der Waals surface area (Å²) in [5.41, 5.74) is 0.827. The molecule has 3 heterocycles. The molecular weight excluding hydrogens is 273 g/mol. The van der Waals surface area contributed by atoms with Crippen LogP contribution in [0.1, 0.15) is 18.5 Å². The van der Waals surface area contributed by atoms with Gasteiger partial charge in [0, 0.05) is 32.1 Å². The zero-order valence-corrected chi connectivity index (χ0v) is 11.7. The van der Waals surface area contributed by atoms with E-state index in [1.165, 1.54) is 12.5 Å². The van der Waals surface area contributed by atoms with Crippen molar-refractivity contribution in [1.82, 2.24) is 19.9 Å². The first-order valence-corrected chi connectivity index (χ1v) is 6.88. The number of piperidine rings is 1. The summed E-state index contributed by atoms with van der Waals surface area (Å²) in [5, 5.41) is 0. The Bertz CT molecular complexity index is 616. The Hall–Kier alpha value is -2.31. The maximum absolute atomic E-state index is 13.6. The molecule has 0 amide bonds. The van der Waals surface area contributed by atoms with Crippen molar-refractivity contribution in [2.45, 2.75) is 25.9 Å². The molecule has 21 heavy (non-hydrogen) atoms. The highest BCUT2D eigenvalue weighted by Gasteiger charge is 2.23. The molecule has 3 rings (SSSR count). The van der Waals surface area contributed by atoms with Gasteiger partial charge in [0.2, 0.25) is 5.88 Å². The average molecular weight is 289 g/mol. The van der Waals surface area contributed by atoms with Gasteiger partial charge in [-0.05, 0) is 6.92 Å². The third-order valence-electron chi connectivity index (χ3n) is 3.41. The molecule has 1 aliphatic rings. The number of anilines is 1. The van der Waals surface area contributed by atoms with Gasteiger partial charge in [0.15, 0.2) is 11.6 Å². The van der Waals surface area contributed by atoms with E-state index in [2.05, 4.69) is 19.9 Å². The van der Waals surface area contributed by atoms with Gasteiger partial charge in [0.05, 0.1) is 18.1 Å². The van der Waals surface area contributed by atoms with E-state index in [1.54, 1.807) is 12.4 Å². The molecule has 1 saturated heterocycles. The maximum Gasteiger partial charge on any atom is 0.232 e. The Labute approximate surface area is 122 Å². The third kappa shape index (κ3) is 3.24. The first-order chi connectivity index (χ1) is 10.2. The van der Waals surface area contributed by atoms with Crippen molar-refractivity contribution in [2.75, 3.05) is 18.0 Å². The molecule has 2 aromatic rings. The summed E-state index contributed by atoms with van der Waals surface area (Å²) in [6, 6.07) is 0. The number of aryl methyl sites for hydroxylation is 1. The normalized spacial score (nSPS) is 16.0. The third-order valence-corrected chi connectivity index (χ3v) is 3.41. The maximum atomic E-state index is 13.6. The Morgan fingerprint density at radius 3 is 2.71 bits per heavy atom. The summed E-state index contributed by atoms with van der Waals surface area (Å²) >= 11 is 0. The molecule has 2 aromatic heterocycles. The lowest BCUT2D eigenvalue weighted by Gasteiger charge is -2.32. The van der Waals surface area contributed by atoms with Crippen LogP contribution in [0.5, 0.6) is 5.88 Å². The SMILES string of the molecule is Cc1cncc(OC2CCN(c3ncncc3F)CC2)n1. The summed E-state index contributed by atoms with van der Waals surface area (Å²) < 4.78 is 19.5. The van der Waals surface area contributed by atoms with E-state index in [0.29, 0.717) is 24.8 Å². The van der Waals surface area contributed by atoms with Crippen LogP contribution >= 0.6 is 0 Å². The lowest BCUT2D eigenvalue weighted by molar-refractivity contribution is 0.162. The van der Waals surface area contributed by atoms with E-state index in [4.69, 9.17) is 4.74 Å². The standard InChI is InChI=1S/C14H16FN5O/c1-10-6-16-8-13(19-10)21-11-2-4-20(5-3-11)14-12(15)7-17-9-18-14/h6-9,11H,2-5H2,1H3. The Morgan fingerprint density at radius 2 is 2.00 bits per heavy atom. The molecule has 0 radical (unpaired) electrons. The van der Waals surface area contributed by atoms with Gasteiger partial charge < -0.3 is 9.64 Å². The van der Waals surface area contributed by atoms with Gasteiger partial charge in [-0.2, -0.15) is 0 Å². The summed E-state index contributed by atoms with van der Waals surface area (Å²) in [6.45, 7) is 3.26. The molecule has 1 aliphatic heterocycles. The fourth-order valence-corrected chi connectivity index (χ4v) is 2.39. The van der Waals surface area contributed by atoms with Crippen LogP contribution < -0.4 is 9.64 Å². The number of rotatable bonds is 3. The highest BCUT2D eigenvalue weighted by molar-refractivity contribution is 5.38. The smallest absolute Gasteiger partial charge is 0.232 e. The van der Waals surface area contributed by atoms with Crippen LogP contribution in [0, 0.1) is 12.7 Å². The second-order valence-electron chi connectivity index (χ2n) is 5.00. The summed E-state index contributed by atoms with van der Waals surface area (Å²) in [5.74, 6) is 0.516. The quantitative estimate of drug-likeness (QED) is 0.858. The molecule has 0 bridgehead atoms. The molecule has 6 nitrogen and oxygen atoms in total. The topological polar surface area (TPSA) is 64.0 Å². The molecule has 0 aliphatic carbocycles. The van der Waals surface area contributed by atoms with Crippen LogP contribution in [0.2, 0.25) is 0 Å². The zero-order valence-electron chi connectivity index (χ0n) is 11.7. The minimum Gasteiger partial charge on any atom is -0.473 e. The van der Waals surface area contributed by atoms with E-state index >= 15 is 0 Å². The molecule has 110 valence electrons. The van der Waals surface area contributed by atoms with Crippen LogP contribution in [0.4, 0.5) is 10.2 Å². The summed E-state index contributed by atoms with van der Waals surface area (Å²) in [7, 11) is 0. The predicted octanol–water partition coefficient (Wildman–Crippen LogP) is 1.76. The van der Waals surface area contributed by atoms with Gasteiger partial charge in [-0.1, -0.05) is 0 Å². The summed E-state index contributed by atoms with van der Waals surface area (Å²) in [6.07, 6.45) is 7.51. The van der Waals surface area contributed by atoms with Gasteiger partial charge in [0.1, 0.15) is 12.4 Å². The van der Waals surface area contributed by atoms with E-state index in [0.717, 1.165) is 18.5 Å². The van der Waals surface area contributed by atoms with Crippen LogP contribution in [-0.4, -0.2) is 39.1 Å². The molecule has 0 atom stereocenters. The Kier molecular flexibility index (Phi) is 3.89. The predicted molar refractivity (Wildman–Crippen MR) is 74.6 cm³/mol. The molecule has 0 aromatic carbocycles. The largest absolute Gasteiger partial charge is 0.473 e. The molecule has 7 heteroatoms. The lowest BCUT2D eigenvalue weighted by atomic mass is 10.1. The molecule has 0 spiro atoms. The number of halogens is 1. The Balaban J connectivity index is 1.59. The van der Waals surface area contributed by atoms with Crippen molar-refractivity contribution in [3.63, 3.8) is 0 Å². The van der Waals surface area contributed by atoms with E-state index in [1.807, 2.05) is 11.8 Å². The van der Waals surface area contributed by atoms with E-state index < -0.39 is 0 Å². The first kappa shape index (κ1) is 13.7. The molecule has 0 saturated carbocycles. The number of ether oxygens (including phenoxy) is 1. The number of hydrogen-bond acceptors (Lipinski definition) is 6. The monoisotopic (exact) mass is 289 g/mol. The van der Waals surface area contributed by atoms with Crippen LogP contribution in [0.3, 0.4) is 0 Å².